The number of ether oxygens (including phenoxy) is 2. The zero-order valence-electron chi connectivity index (χ0n) is 17.0. The summed E-state index contributed by atoms with van der Waals surface area (Å²) in [6, 6.07) is 11.6. The van der Waals surface area contributed by atoms with Crippen molar-refractivity contribution in [2.75, 3.05) is 20.8 Å². The summed E-state index contributed by atoms with van der Waals surface area (Å²) in [6.45, 7) is -0.341. The van der Waals surface area contributed by atoms with E-state index in [-0.39, 0.29) is 18.5 Å². The minimum absolute atomic E-state index is 0.0642. The molecule has 0 aromatic heterocycles. The molecule has 164 valence electrons. The number of aliphatic hydroxyl groups is 1. The third-order valence-electron chi connectivity index (χ3n) is 4.13. The summed E-state index contributed by atoms with van der Waals surface area (Å²) in [5.41, 5.74) is 1.20. The largest absolute Gasteiger partial charge is 0.523 e. The van der Waals surface area contributed by atoms with Crippen LogP contribution in [0.2, 0.25) is 0 Å². The van der Waals surface area contributed by atoms with E-state index >= 15 is 0 Å². The number of benzene rings is 2. The molecule has 0 aliphatic rings. The van der Waals surface area contributed by atoms with Gasteiger partial charge >= 0.3 is 26.2 Å². The summed E-state index contributed by atoms with van der Waals surface area (Å²) in [6.07, 6.45) is -1.28. The maximum atomic E-state index is 11.5. The molecule has 0 heterocycles. The predicted molar refractivity (Wildman–Crippen MR) is 110 cm³/mol. The lowest BCUT2D eigenvalue weighted by Crippen LogP contribution is -2.41. The van der Waals surface area contributed by atoms with E-state index < -0.39 is 32.5 Å². The smallest absolute Gasteiger partial charge is 0.465 e. The third-order valence-corrected chi connectivity index (χ3v) is 4.13. The molecule has 3 N–H and O–H groups in total. The molecule has 1 atom stereocenters. The van der Waals surface area contributed by atoms with Crippen LogP contribution in [0.5, 0.6) is 0 Å². The Morgan fingerprint density at radius 1 is 0.839 bits per heavy atom. The first kappa shape index (κ1) is 24.5. The van der Waals surface area contributed by atoms with Crippen LogP contribution < -0.4 is 10.9 Å². The van der Waals surface area contributed by atoms with E-state index in [0.717, 1.165) is 0 Å². The Kier molecular flexibility index (Phi) is 9.66. The highest BCUT2D eigenvalue weighted by Crippen LogP contribution is 2.06. The van der Waals surface area contributed by atoms with Gasteiger partial charge in [0.15, 0.2) is 6.29 Å². The van der Waals surface area contributed by atoms with Gasteiger partial charge in [0.05, 0.1) is 25.3 Å². The minimum atomic E-state index is -1.52. The van der Waals surface area contributed by atoms with Gasteiger partial charge in [-0.3, -0.25) is 4.81 Å². The summed E-state index contributed by atoms with van der Waals surface area (Å²) in [5, 5.41) is 29.5. The topological polar surface area (TPSA) is 141 Å². The molecule has 2 aromatic carbocycles. The Morgan fingerprint density at radius 3 is 1.71 bits per heavy atom. The highest BCUT2D eigenvalue weighted by Gasteiger charge is 2.26. The van der Waals surface area contributed by atoms with Crippen molar-refractivity contribution in [3.05, 3.63) is 59.7 Å². The van der Waals surface area contributed by atoms with Crippen molar-refractivity contribution in [3.63, 3.8) is 0 Å². The first-order chi connectivity index (χ1) is 14.9. The summed E-state index contributed by atoms with van der Waals surface area (Å²) >= 11 is 0. The van der Waals surface area contributed by atoms with Crippen LogP contribution in [0.15, 0.2) is 48.5 Å². The van der Waals surface area contributed by atoms with Gasteiger partial charge < -0.3 is 29.3 Å². The zero-order chi connectivity index (χ0) is 22.8. The maximum Gasteiger partial charge on any atom is 0.523 e. The maximum absolute atomic E-state index is 11.5. The lowest BCUT2D eigenvalue weighted by Gasteiger charge is -2.20. The van der Waals surface area contributed by atoms with Gasteiger partial charge in [-0.2, -0.15) is 0 Å². The van der Waals surface area contributed by atoms with E-state index in [0.29, 0.717) is 16.6 Å². The first-order valence-corrected chi connectivity index (χ1v) is 9.20. The van der Waals surface area contributed by atoms with Crippen molar-refractivity contribution in [1.82, 2.24) is 0 Å². The molecule has 0 radical (unpaired) electrons. The van der Waals surface area contributed by atoms with Gasteiger partial charge in [-0.15, -0.1) is 0 Å². The van der Waals surface area contributed by atoms with Crippen LogP contribution in [0.4, 0.5) is 0 Å². The number of rotatable bonds is 11. The Bertz CT molecular complexity index is 844. The second kappa shape index (κ2) is 12.2. The monoisotopic (exact) mass is 432 g/mol. The fraction of sp³-hybridized carbons (Fsp3) is 0.263. The normalized spacial score (nSPS) is 11.5. The van der Waals surface area contributed by atoms with E-state index in [1.807, 2.05) is 0 Å². The lowest BCUT2D eigenvalue weighted by atomic mass is 9.79. The Balaban J connectivity index is 1.94. The van der Waals surface area contributed by atoms with Gasteiger partial charge in [-0.05, 0) is 35.2 Å². The van der Waals surface area contributed by atoms with Crippen LogP contribution in [0.25, 0.3) is 0 Å². The molecule has 0 aliphatic heterocycles. The predicted octanol–water partition coefficient (Wildman–Crippen LogP) is -0.992. The molecule has 0 amide bonds. The summed E-state index contributed by atoms with van der Waals surface area (Å²) in [4.78, 5) is 32.8. The zero-order valence-corrected chi connectivity index (χ0v) is 17.0. The highest BCUT2D eigenvalue weighted by atomic mass is 17.2. The fourth-order valence-corrected chi connectivity index (χ4v) is 2.44. The molecule has 31 heavy (non-hydrogen) atoms. The summed E-state index contributed by atoms with van der Waals surface area (Å²) in [5.74, 6) is -1.05. The molecule has 10 nitrogen and oxygen atoms in total. The van der Waals surface area contributed by atoms with E-state index in [9.17, 15) is 24.7 Å². The van der Waals surface area contributed by atoms with Crippen LogP contribution in [-0.2, 0) is 23.8 Å². The fourth-order valence-electron chi connectivity index (χ4n) is 2.44. The molecule has 0 bridgehead atoms. The van der Waals surface area contributed by atoms with Gasteiger partial charge in [0.25, 0.3) is 0 Å². The van der Waals surface area contributed by atoms with Gasteiger partial charge in [0, 0.05) is 13.0 Å². The number of esters is 2. The lowest BCUT2D eigenvalue weighted by molar-refractivity contribution is -0.312. The van der Waals surface area contributed by atoms with Crippen LogP contribution in [-0.4, -0.2) is 68.4 Å². The SMILES string of the molecule is COC(=O)c1ccc(B(O)OOC(CCO)OB(O)c2ccc(C(=O)OC)cc2)cc1. The quantitative estimate of drug-likeness (QED) is 0.133. The Hall–Kier alpha value is -2.73. The number of aliphatic hydroxyl groups excluding tert-OH is 1. The van der Waals surface area contributed by atoms with Crippen molar-refractivity contribution < 1.29 is 48.6 Å². The number of carbonyl (C=O) groups excluding carboxylic acids is 2. The van der Waals surface area contributed by atoms with E-state index in [4.69, 9.17) is 14.3 Å². The number of methoxy groups -OCH3 is 2. The first-order valence-electron chi connectivity index (χ1n) is 9.20. The molecule has 2 rings (SSSR count). The number of carbonyl (C=O) groups is 2. The van der Waals surface area contributed by atoms with Gasteiger partial charge in [0.2, 0.25) is 0 Å². The molecule has 0 spiro atoms. The number of hydrogen-bond acceptors (Lipinski definition) is 10. The van der Waals surface area contributed by atoms with E-state index in [1.54, 1.807) is 0 Å². The average Bonchev–Trinajstić information content (AvgIpc) is 2.81. The summed E-state index contributed by atoms with van der Waals surface area (Å²) < 4.78 is 14.5. The second-order valence-electron chi connectivity index (χ2n) is 6.20. The van der Waals surface area contributed by atoms with Crippen LogP contribution in [0.3, 0.4) is 0 Å². The van der Waals surface area contributed by atoms with Gasteiger partial charge in [-0.1, -0.05) is 24.3 Å². The molecule has 0 fully saturated rings. The molecule has 2 aromatic rings. The second-order valence-corrected chi connectivity index (χ2v) is 6.20. The van der Waals surface area contributed by atoms with Crippen LogP contribution in [0, 0.1) is 0 Å². The van der Waals surface area contributed by atoms with Crippen LogP contribution in [0.1, 0.15) is 27.1 Å². The van der Waals surface area contributed by atoms with Crippen molar-refractivity contribution in [1.29, 1.82) is 0 Å². The molecule has 1 unspecified atom stereocenters. The van der Waals surface area contributed by atoms with Crippen LogP contribution >= 0.6 is 0 Å². The van der Waals surface area contributed by atoms with Crippen molar-refractivity contribution >= 4 is 37.1 Å². The molecule has 0 saturated heterocycles. The molecular weight excluding hydrogens is 410 g/mol. The molecule has 0 saturated carbocycles. The molecule has 12 heteroatoms. The average molecular weight is 432 g/mol. The molecule has 0 aliphatic carbocycles. The van der Waals surface area contributed by atoms with E-state index in [1.165, 1.54) is 62.8 Å². The van der Waals surface area contributed by atoms with Crippen molar-refractivity contribution in [2.45, 2.75) is 12.7 Å². The Morgan fingerprint density at radius 2 is 1.29 bits per heavy atom. The van der Waals surface area contributed by atoms with Crippen molar-refractivity contribution in [2.24, 2.45) is 0 Å². The highest BCUT2D eigenvalue weighted by molar-refractivity contribution is 6.60. The standard InChI is InChI=1S/C19H22B2O10/c1-27-18(23)13-3-7-15(8-4-13)20(25)29-17(11-12-22)30-31-21(26)16-9-5-14(6-10-16)19(24)28-2/h3-10,17,22,25-26H,11-12H2,1-2H3. The third kappa shape index (κ3) is 7.17. The Labute approximate surface area is 179 Å². The molecular formula is C19H22B2O10. The van der Waals surface area contributed by atoms with E-state index in [2.05, 4.69) is 9.47 Å². The van der Waals surface area contributed by atoms with Gasteiger partial charge in [0.1, 0.15) is 0 Å². The van der Waals surface area contributed by atoms with Gasteiger partial charge in [-0.25, -0.2) is 14.5 Å². The summed E-state index contributed by atoms with van der Waals surface area (Å²) in [7, 11) is -0.464. The minimum Gasteiger partial charge on any atom is -0.465 e. The number of hydrogen-bond donors (Lipinski definition) is 3. The van der Waals surface area contributed by atoms with Crippen molar-refractivity contribution in [3.8, 4) is 0 Å².